The molecule has 0 aliphatic heterocycles. The number of halogens is 5. The van der Waals surface area contributed by atoms with E-state index in [1.54, 1.807) is 18.2 Å². The minimum absolute atomic E-state index is 0.0741. The molecule has 0 aromatic heterocycles. The Hall–Kier alpha value is -2.09. The summed E-state index contributed by atoms with van der Waals surface area (Å²) in [5, 5.41) is 0. The molecule has 2 rings (SSSR count). The molecule has 0 spiro atoms. The SMILES string of the molecule is O=S(=O)(O)c1c(F)c(F)c(F)c(F)c1F.O=S(=O)(O)c1ccccc1. The molecule has 0 saturated carbocycles. The van der Waals surface area contributed by atoms with E-state index in [9.17, 15) is 38.8 Å². The molecule has 2 N–H and O–H groups in total. The van der Waals surface area contributed by atoms with E-state index in [1.165, 1.54) is 12.1 Å². The Kier molecular flexibility index (Phi) is 6.23. The normalized spacial score (nSPS) is 11.6. The molecule has 0 fully saturated rings. The van der Waals surface area contributed by atoms with E-state index < -0.39 is 54.2 Å². The van der Waals surface area contributed by atoms with Gasteiger partial charge in [0.15, 0.2) is 28.2 Å². The molecule has 0 amide bonds. The fourth-order valence-electron chi connectivity index (χ4n) is 1.40. The van der Waals surface area contributed by atoms with Crippen molar-refractivity contribution in [3.8, 4) is 0 Å². The monoisotopic (exact) mass is 406 g/mol. The molecular weight excluding hydrogens is 399 g/mol. The third kappa shape index (κ3) is 4.94. The van der Waals surface area contributed by atoms with E-state index in [0.29, 0.717) is 0 Å². The maximum absolute atomic E-state index is 12.6. The number of benzene rings is 2. The maximum atomic E-state index is 12.6. The molecule has 0 saturated heterocycles. The standard InChI is InChI=1S/C6HF5O3S.C6H6O3S/c7-1-2(8)4(10)6(15(12,13)14)5(11)3(1)9;7-10(8,9)6-4-2-1-3-5-6/h(H,12,13,14);1-5H,(H,7,8,9). The molecular formula is C12H7F5O6S2. The van der Waals surface area contributed by atoms with Gasteiger partial charge < -0.3 is 0 Å². The fraction of sp³-hybridized carbons (Fsp3) is 0. The van der Waals surface area contributed by atoms with Crippen molar-refractivity contribution >= 4 is 20.2 Å². The first-order valence-corrected chi connectivity index (χ1v) is 8.68. The van der Waals surface area contributed by atoms with E-state index in [1.807, 2.05) is 0 Å². The summed E-state index contributed by atoms with van der Waals surface area (Å²) >= 11 is 0. The topological polar surface area (TPSA) is 109 Å². The minimum atomic E-state index is -5.52. The van der Waals surface area contributed by atoms with E-state index in [-0.39, 0.29) is 4.90 Å². The highest BCUT2D eigenvalue weighted by Gasteiger charge is 2.32. The van der Waals surface area contributed by atoms with Crippen LogP contribution in [0.5, 0.6) is 0 Å². The van der Waals surface area contributed by atoms with Crippen LogP contribution < -0.4 is 0 Å². The van der Waals surface area contributed by atoms with Gasteiger partial charge in [0, 0.05) is 0 Å². The second-order valence-electron chi connectivity index (χ2n) is 4.16. The van der Waals surface area contributed by atoms with Crippen LogP contribution in [0.15, 0.2) is 40.1 Å². The smallest absolute Gasteiger partial charge is 0.282 e. The highest BCUT2D eigenvalue weighted by molar-refractivity contribution is 7.86. The molecule has 13 heteroatoms. The lowest BCUT2D eigenvalue weighted by Crippen LogP contribution is -2.11. The number of hydrogen-bond donors (Lipinski definition) is 2. The van der Waals surface area contributed by atoms with Crippen molar-refractivity contribution in [3.05, 3.63) is 59.4 Å². The number of rotatable bonds is 2. The molecule has 138 valence electrons. The van der Waals surface area contributed by atoms with Gasteiger partial charge in [-0.05, 0) is 12.1 Å². The van der Waals surface area contributed by atoms with Crippen molar-refractivity contribution < 1.29 is 47.9 Å². The fourth-order valence-corrected chi connectivity index (χ4v) is 2.54. The van der Waals surface area contributed by atoms with E-state index in [2.05, 4.69) is 0 Å². The maximum Gasteiger partial charge on any atom is 0.300 e. The third-order valence-corrected chi connectivity index (χ3v) is 4.21. The molecule has 0 unspecified atom stereocenters. The van der Waals surface area contributed by atoms with Crippen LogP contribution in [0.4, 0.5) is 22.0 Å². The first-order valence-electron chi connectivity index (χ1n) is 5.80. The summed E-state index contributed by atoms with van der Waals surface area (Å²) in [5.74, 6) is -12.6. The van der Waals surface area contributed by atoms with E-state index >= 15 is 0 Å². The van der Waals surface area contributed by atoms with Crippen molar-refractivity contribution in [3.63, 3.8) is 0 Å². The Balaban J connectivity index is 0.000000271. The lowest BCUT2D eigenvalue weighted by molar-refractivity contribution is 0.352. The molecule has 2 aromatic carbocycles. The summed E-state index contributed by atoms with van der Waals surface area (Å²) in [7, 11) is -9.53. The zero-order valence-electron chi connectivity index (χ0n) is 11.6. The van der Waals surface area contributed by atoms with Crippen molar-refractivity contribution in [2.24, 2.45) is 0 Å². The lowest BCUT2D eigenvalue weighted by Gasteiger charge is -2.04. The Labute approximate surface area is 138 Å². The van der Waals surface area contributed by atoms with Gasteiger partial charge in [0.25, 0.3) is 10.1 Å². The predicted molar refractivity (Wildman–Crippen MR) is 72.3 cm³/mol. The largest absolute Gasteiger partial charge is 0.300 e. The Bertz CT molecular complexity index is 961. The van der Waals surface area contributed by atoms with Crippen LogP contribution in [-0.2, 0) is 20.2 Å². The van der Waals surface area contributed by atoms with Gasteiger partial charge in [-0.25, -0.2) is 22.0 Å². The van der Waals surface area contributed by atoms with Crippen molar-refractivity contribution in [2.75, 3.05) is 0 Å². The summed E-state index contributed by atoms with van der Waals surface area (Å²) in [5.41, 5.74) is 0. The molecule has 25 heavy (non-hydrogen) atoms. The highest BCUT2D eigenvalue weighted by atomic mass is 32.2. The van der Waals surface area contributed by atoms with Gasteiger partial charge in [0.1, 0.15) is 0 Å². The predicted octanol–water partition coefficient (Wildman–Crippen LogP) is 2.56. The van der Waals surface area contributed by atoms with E-state index in [4.69, 9.17) is 9.11 Å². The molecule has 2 aromatic rings. The molecule has 0 aliphatic carbocycles. The summed E-state index contributed by atoms with van der Waals surface area (Å²) in [6.07, 6.45) is 0. The van der Waals surface area contributed by atoms with Crippen molar-refractivity contribution in [2.45, 2.75) is 9.79 Å². The zero-order chi connectivity index (χ0) is 19.6. The van der Waals surface area contributed by atoms with Crippen LogP contribution in [0, 0.1) is 29.1 Å². The Morgan fingerprint density at radius 3 is 1.24 bits per heavy atom. The first kappa shape index (κ1) is 21.0. The highest BCUT2D eigenvalue weighted by Crippen LogP contribution is 2.26. The Morgan fingerprint density at radius 2 is 0.960 bits per heavy atom. The molecule has 0 atom stereocenters. The minimum Gasteiger partial charge on any atom is -0.282 e. The second-order valence-corrected chi connectivity index (χ2v) is 6.94. The Morgan fingerprint density at radius 1 is 0.600 bits per heavy atom. The number of hydrogen-bond acceptors (Lipinski definition) is 4. The van der Waals surface area contributed by atoms with Crippen molar-refractivity contribution in [1.82, 2.24) is 0 Å². The van der Waals surface area contributed by atoms with Gasteiger partial charge in [-0.15, -0.1) is 0 Å². The summed E-state index contributed by atoms with van der Waals surface area (Å²) in [6.45, 7) is 0. The van der Waals surface area contributed by atoms with Gasteiger partial charge in [0.2, 0.25) is 5.82 Å². The molecule has 6 nitrogen and oxygen atoms in total. The van der Waals surface area contributed by atoms with Crippen LogP contribution in [0.25, 0.3) is 0 Å². The van der Waals surface area contributed by atoms with Crippen LogP contribution in [0.2, 0.25) is 0 Å². The molecule has 0 bridgehead atoms. The quantitative estimate of drug-likeness (QED) is 0.343. The van der Waals surface area contributed by atoms with Gasteiger partial charge in [-0.1, -0.05) is 18.2 Å². The van der Waals surface area contributed by atoms with E-state index in [0.717, 1.165) is 0 Å². The second kappa shape index (κ2) is 7.43. The van der Waals surface area contributed by atoms with Crippen LogP contribution >= 0.6 is 0 Å². The average Bonchev–Trinajstić information content (AvgIpc) is 2.50. The molecule has 0 heterocycles. The lowest BCUT2D eigenvalue weighted by atomic mass is 10.3. The van der Waals surface area contributed by atoms with Gasteiger partial charge in [-0.2, -0.15) is 16.8 Å². The summed E-state index contributed by atoms with van der Waals surface area (Å²) < 4.78 is 121. The van der Waals surface area contributed by atoms with Gasteiger partial charge in [0.05, 0.1) is 4.90 Å². The van der Waals surface area contributed by atoms with Crippen LogP contribution in [-0.4, -0.2) is 25.9 Å². The summed E-state index contributed by atoms with van der Waals surface area (Å²) in [4.78, 5) is -2.34. The zero-order valence-corrected chi connectivity index (χ0v) is 13.3. The van der Waals surface area contributed by atoms with Gasteiger partial charge in [-0.3, -0.25) is 9.11 Å². The average molecular weight is 406 g/mol. The van der Waals surface area contributed by atoms with Crippen molar-refractivity contribution in [1.29, 1.82) is 0 Å². The first-order chi connectivity index (χ1) is 11.3. The van der Waals surface area contributed by atoms with Gasteiger partial charge >= 0.3 is 10.1 Å². The van der Waals surface area contributed by atoms with Crippen LogP contribution in [0.1, 0.15) is 0 Å². The summed E-state index contributed by atoms with van der Waals surface area (Å²) in [6, 6.07) is 7.42. The molecule has 0 aliphatic rings. The third-order valence-electron chi connectivity index (χ3n) is 2.47. The molecule has 0 radical (unpaired) electrons. The van der Waals surface area contributed by atoms with Crippen LogP contribution in [0.3, 0.4) is 0 Å².